The third kappa shape index (κ3) is 5.89. The summed E-state index contributed by atoms with van der Waals surface area (Å²) in [7, 11) is 1.68. The fourth-order valence-corrected chi connectivity index (χ4v) is 5.01. The number of carbonyl (C=O) groups is 2. The Kier molecular flexibility index (Phi) is 7.65. The molecule has 1 saturated heterocycles. The molecule has 0 N–H and O–H groups in total. The Hall–Kier alpha value is -2.91. The maximum Gasteiger partial charge on any atom is 0.416 e. The van der Waals surface area contributed by atoms with Crippen molar-refractivity contribution in [3.05, 3.63) is 68.8 Å². The van der Waals surface area contributed by atoms with Gasteiger partial charge in [-0.1, -0.05) is 29.3 Å². The number of halogens is 5. The molecule has 6 nitrogen and oxygen atoms in total. The number of hydrogen-bond acceptors (Lipinski definition) is 3. The van der Waals surface area contributed by atoms with E-state index in [9.17, 15) is 22.8 Å². The molecule has 11 heteroatoms. The molecule has 0 bridgehead atoms. The Morgan fingerprint density at radius 1 is 0.947 bits per heavy atom. The lowest BCUT2D eigenvalue weighted by Gasteiger charge is -2.35. The maximum absolute atomic E-state index is 13.3. The molecule has 204 valence electrons. The van der Waals surface area contributed by atoms with Gasteiger partial charge in [-0.25, -0.2) is 4.79 Å². The van der Waals surface area contributed by atoms with Crippen molar-refractivity contribution in [2.45, 2.75) is 39.0 Å². The first-order valence-corrected chi connectivity index (χ1v) is 12.8. The van der Waals surface area contributed by atoms with E-state index in [0.29, 0.717) is 53.4 Å². The van der Waals surface area contributed by atoms with Gasteiger partial charge in [-0.05, 0) is 62.1 Å². The Bertz CT molecular complexity index is 1390. The summed E-state index contributed by atoms with van der Waals surface area (Å²) in [4.78, 5) is 28.9. The lowest BCUT2D eigenvalue weighted by atomic mass is 10.0. The van der Waals surface area contributed by atoms with Gasteiger partial charge >= 0.3 is 12.3 Å². The first-order chi connectivity index (χ1) is 17.7. The molecule has 2 aromatic carbocycles. The summed E-state index contributed by atoms with van der Waals surface area (Å²) in [6.07, 6.45) is -4.65. The Balaban J connectivity index is 1.54. The fourth-order valence-electron chi connectivity index (χ4n) is 4.43. The van der Waals surface area contributed by atoms with Crippen LogP contribution in [0.1, 0.15) is 48.0 Å². The number of ether oxygens (including phenoxy) is 1. The van der Waals surface area contributed by atoms with Crippen LogP contribution >= 0.6 is 23.2 Å². The lowest BCUT2D eigenvalue weighted by molar-refractivity contribution is -0.137. The number of nitrogens with zero attached hydrogens (tertiary/aromatic N) is 3. The van der Waals surface area contributed by atoms with Crippen molar-refractivity contribution in [2.24, 2.45) is 7.05 Å². The number of amides is 2. The summed E-state index contributed by atoms with van der Waals surface area (Å²) >= 11 is 13.2. The Morgan fingerprint density at radius 2 is 1.58 bits per heavy atom. The number of hydrogen-bond donors (Lipinski definition) is 0. The lowest BCUT2D eigenvalue weighted by Crippen LogP contribution is -2.51. The van der Waals surface area contributed by atoms with E-state index >= 15 is 0 Å². The predicted octanol–water partition coefficient (Wildman–Crippen LogP) is 6.79. The second kappa shape index (κ2) is 10.3. The molecule has 1 aliphatic rings. The SMILES string of the molecule is Cn1c(Cc2c(Cl)ccc(C(=O)N3CCN(C(=O)OC(C)(C)C)CC3)c2Cl)cc2ccc(C(F)(F)F)cc21. The quantitative estimate of drug-likeness (QED) is 0.349. The first kappa shape index (κ1) is 28.1. The van der Waals surface area contributed by atoms with Gasteiger partial charge in [0, 0.05) is 55.9 Å². The number of carbonyl (C=O) groups excluding carboxylic acids is 2. The van der Waals surface area contributed by atoms with E-state index in [1.807, 2.05) is 0 Å². The molecule has 1 aliphatic heterocycles. The number of rotatable bonds is 3. The summed E-state index contributed by atoms with van der Waals surface area (Å²) in [5.41, 5.74) is 0.565. The monoisotopic (exact) mass is 569 g/mol. The minimum absolute atomic E-state index is 0.193. The van der Waals surface area contributed by atoms with E-state index in [2.05, 4.69) is 0 Å². The number of aromatic nitrogens is 1. The van der Waals surface area contributed by atoms with Crippen LogP contribution in [0.2, 0.25) is 10.0 Å². The molecule has 1 aromatic heterocycles. The van der Waals surface area contributed by atoms with Crippen molar-refractivity contribution in [1.82, 2.24) is 14.4 Å². The Labute approximate surface area is 228 Å². The molecular formula is C27H28Cl2F3N3O3. The maximum atomic E-state index is 13.3. The molecule has 38 heavy (non-hydrogen) atoms. The minimum atomic E-state index is -4.45. The van der Waals surface area contributed by atoms with Gasteiger partial charge in [0.25, 0.3) is 5.91 Å². The van der Waals surface area contributed by atoms with Crippen LogP contribution in [0, 0.1) is 0 Å². The van der Waals surface area contributed by atoms with Crippen molar-refractivity contribution in [3.63, 3.8) is 0 Å². The van der Waals surface area contributed by atoms with Crippen molar-refractivity contribution in [1.29, 1.82) is 0 Å². The summed E-state index contributed by atoms with van der Waals surface area (Å²) < 4.78 is 46.7. The van der Waals surface area contributed by atoms with E-state index in [4.69, 9.17) is 27.9 Å². The van der Waals surface area contributed by atoms with Crippen LogP contribution in [0.5, 0.6) is 0 Å². The van der Waals surface area contributed by atoms with Crippen molar-refractivity contribution >= 4 is 46.1 Å². The van der Waals surface area contributed by atoms with Crippen LogP contribution in [-0.4, -0.2) is 58.1 Å². The molecule has 3 aromatic rings. The molecule has 0 radical (unpaired) electrons. The molecule has 0 aliphatic carbocycles. The van der Waals surface area contributed by atoms with Gasteiger partial charge in [0.2, 0.25) is 0 Å². The van der Waals surface area contributed by atoms with Crippen LogP contribution in [0.3, 0.4) is 0 Å². The molecule has 0 saturated carbocycles. The normalized spacial score (nSPS) is 14.8. The third-order valence-corrected chi connectivity index (χ3v) is 7.25. The molecule has 1 fully saturated rings. The largest absolute Gasteiger partial charge is 0.444 e. The first-order valence-electron chi connectivity index (χ1n) is 12.1. The van der Waals surface area contributed by atoms with Crippen LogP contribution < -0.4 is 0 Å². The van der Waals surface area contributed by atoms with Crippen LogP contribution in [0.25, 0.3) is 10.9 Å². The van der Waals surface area contributed by atoms with Gasteiger partial charge in [-0.15, -0.1) is 0 Å². The summed E-state index contributed by atoms with van der Waals surface area (Å²) in [5.74, 6) is -0.288. The topological polar surface area (TPSA) is 54.8 Å². The van der Waals surface area contributed by atoms with Gasteiger partial charge in [0.1, 0.15) is 5.60 Å². The van der Waals surface area contributed by atoms with E-state index < -0.39 is 23.4 Å². The summed E-state index contributed by atoms with van der Waals surface area (Å²) in [5, 5.41) is 1.19. The van der Waals surface area contributed by atoms with Gasteiger partial charge in [-0.3, -0.25) is 4.79 Å². The van der Waals surface area contributed by atoms with E-state index in [1.54, 1.807) is 60.4 Å². The zero-order chi connectivity index (χ0) is 28.0. The van der Waals surface area contributed by atoms with Crippen LogP contribution in [0.4, 0.5) is 18.0 Å². The minimum Gasteiger partial charge on any atom is -0.444 e. The molecule has 0 unspecified atom stereocenters. The smallest absolute Gasteiger partial charge is 0.416 e. The highest BCUT2D eigenvalue weighted by Gasteiger charge is 2.31. The second-order valence-electron chi connectivity index (χ2n) is 10.3. The summed E-state index contributed by atoms with van der Waals surface area (Å²) in [6, 6.07) is 8.53. The average molecular weight is 570 g/mol. The number of aryl methyl sites for hydroxylation is 1. The van der Waals surface area contributed by atoms with Crippen LogP contribution in [0.15, 0.2) is 36.4 Å². The van der Waals surface area contributed by atoms with Gasteiger partial charge in [0.05, 0.1) is 16.1 Å². The van der Waals surface area contributed by atoms with Gasteiger partial charge in [0.15, 0.2) is 0 Å². The zero-order valence-corrected chi connectivity index (χ0v) is 23.0. The number of benzene rings is 2. The van der Waals surface area contributed by atoms with Crippen LogP contribution in [-0.2, 0) is 24.4 Å². The standard InChI is InChI=1S/C27H28Cl2F3N3O3/c1-26(2,3)38-25(37)35-11-9-34(10-12-35)24(36)19-7-8-21(28)20(23(19)29)15-18-13-16-5-6-17(27(30,31)32)14-22(16)33(18)4/h5-8,13-14H,9-12,15H2,1-4H3. The van der Waals surface area contributed by atoms with Gasteiger partial charge in [-0.2, -0.15) is 13.2 Å². The highest BCUT2D eigenvalue weighted by atomic mass is 35.5. The molecule has 2 amide bonds. The average Bonchev–Trinajstić information content (AvgIpc) is 3.14. The number of alkyl halides is 3. The summed E-state index contributed by atoms with van der Waals surface area (Å²) in [6.45, 7) is 6.67. The van der Waals surface area contributed by atoms with E-state index in [1.165, 1.54) is 6.07 Å². The number of fused-ring (bicyclic) bond motifs is 1. The molecule has 0 atom stereocenters. The van der Waals surface area contributed by atoms with Crippen molar-refractivity contribution in [2.75, 3.05) is 26.2 Å². The fraction of sp³-hybridized carbons (Fsp3) is 0.407. The Morgan fingerprint density at radius 3 is 2.18 bits per heavy atom. The molecular weight excluding hydrogens is 542 g/mol. The van der Waals surface area contributed by atoms with E-state index in [0.717, 1.165) is 12.1 Å². The van der Waals surface area contributed by atoms with Crippen molar-refractivity contribution in [3.8, 4) is 0 Å². The zero-order valence-electron chi connectivity index (χ0n) is 21.5. The predicted molar refractivity (Wildman–Crippen MR) is 141 cm³/mol. The van der Waals surface area contributed by atoms with Crippen molar-refractivity contribution < 1.29 is 27.5 Å². The highest BCUT2D eigenvalue weighted by molar-refractivity contribution is 6.38. The molecule has 0 spiro atoms. The molecule has 4 rings (SSSR count). The molecule has 2 heterocycles. The second-order valence-corrected chi connectivity index (χ2v) is 11.1. The number of piperazine rings is 1. The highest BCUT2D eigenvalue weighted by Crippen LogP contribution is 2.35. The third-order valence-electron chi connectivity index (χ3n) is 6.46. The van der Waals surface area contributed by atoms with Gasteiger partial charge < -0.3 is 19.1 Å². The van der Waals surface area contributed by atoms with E-state index in [-0.39, 0.29) is 22.9 Å².